The molecule has 1 atom stereocenters. The standard InChI is InChI=1S/C19H23N3O3S.HI/c1-20-19(22-11-12-26(23)16-5-3-2-4-6-16)21-10-9-15-7-8-17-18(13-15)25-14-24-17;/h2-8,13H,9-12,14H2,1H3,(H2,20,21,22);1H. The highest BCUT2D eigenvalue weighted by molar-refractivity contribution is 14.0. The van der Waals surface area contributed by atoms with E-state index in [0.717, 1.165) is 29.4 Å². The van der Waals surface area contributed by atoms with Crippen molar-refractivity contribution in [3.05, 3.63) is 54.1 Å². The third-order valence-corrected chi connectivity index (χ3v) is 5.33. The summed E-state index contributed by atoms with van der Waals surface area (Å²) >= 11 is 0. The van der Waals surface area contributed by atoms with Gasteiger partial charge in [0.05, 0.1) is 10.8 Å². The van der Waals surface area contributed by atoms with Gasteiger partial charge in [-0.3, -0.25) is 9.20 Å². The minimum atomic E-state index is -1.01. The lowest BCUT2D eigenvalue weighted by Gasteiger charge is -2.12. The summed E-state index contributed by atoms with van der Waals surface area (Å²) in [6, 6.07) is 15.5. The van der Waals surface area contributed by atoms with Gasteiger partial charge in [-0.15, -0.1) is 24.0 Å². The zero-order valence-electron chi connectivity index (χ0n) is 15.1. The molecule has 0 radical (unpaired) electrons. The first-order chi connectivity index (χ1) is 12.8. The molecule has 8 heteroatoms. The van der Waals surface area contributed by atoms with Gasteiger partial charge in [0.15, 0.2) is 17.5 Å². The number of hydrogen-bond donors (Lipinski definition) is 2. The largest absolute Gasteiger partial charge is 0.454 e. The Morgan fingerprint density at radius 2 is 1.81 bits per heavy atom. The van der Waals surface area contributed by atoms with Crippen LogP contribution < -0.4 is 20.1 Å². The molecular formula is C19H24IN3O3S. The highest BCUT2D eigenvalue weighted by atomic mass is 127. The van der Waals surface area contributed by atoms with E-state index in [2.05, 4.69) is 15.6 Å². The van der Waals surface area contributed by atoms with Crippen molar-refractivity contribution in [1.82, 2.24) is 10.6 Å². The van der Waals surface area contributed by atoms with Crippen LogP contribution in [0.5, 0.6) is 11.5 Å². The first kappa shape index (κ1) is 21.5. The number of guanidine groups is 1. The molecule has 0 bridgehead atoms. The SMILES string of the molecule is CN=C(NCCc1ccc2c(c1)OCO2)NCCS(=O)c1ccccc1.I. The van der Waals surface area contributed by atoms with Gasteiger partial charge in [0.25, 0.3) is 0 Å². The Balaban J connectivity index is 0.00000261. The van der Waals surface area contributed by atoms with Crippen molar-refractivity contribution < 1.29 is 13.7 Å². The molecule has 1 unspecified atom stereocenters. The molecule has 1 heterocycles. The minimum absolute atomic E-state index is 0. The smallest absolute Gasteiger partial charge is 0.231 e. The van der Waals surface area contributed by atoms with E-state index in [-0.39, 0.29) is 30.8 Å². The number of rotatable bonds is 7. The summed E-state index contributed by atoms with van der Waals surface area (Å²) in [6.45, 7) is 1.62. The van der Waals surface area contributed by atoms with E-state index < -0.39 is 10.8 Å². The van der Waals surface area contributed by atoms with Crippen LogP contribution in [0.2, 0.25) is 0 Å². The predicted molar refractivity (Wildman–Crippen MR) is 119 cm³/mol. The molecule has 0 aromatic heterocycles. The van der Waals surface area contributed by atoms with Gasteiger partial charge in [0, 0.05) is 30.8 Å². The van der Waals surface area contributed by atoms with E-state index in [4.69, 9.17) is 9.47 Å². The van der Waals surface area contributed by atoms with Gasteiger partial charge < -0.3 is 20.1 Å². The van der Waals surface area contributed by atoms with E-state index in [1.165, 1.54) is 5.56 Å². The molecule has 3 rings (SSSR count). The second kappa shape index (κ2) is 11.1. The van der Waals surface area contributed by atoms with Crippen molar-refractivity contribution in [1.29, 1.82) is 0 Å². The Hall–Kier alpha value is -1.81. The summed E-state index contributed by atoms with van der Waals surface area (Å²) in [7, 11) is 0.718. The quantitative estimate of drug-likeness (QED) is 0.347. The summed E-state index contributed by atoms with van der Waals surface area (Å²) < 4.78 is 22.9. The van der Waals surface area contributed by atoms with Crippen LogP contribution in [0, 0.1) is 0 Å². The molecule has 0 saturated carbocycles. The molecule has 2 aromatic carbocycles. The number of nitrogens with one attached hydrogen (secondary N) is 2. The number of hydrogen-bond acceptors (Lipinski definition) is 4. The maximum atomic E-state index is 12.2. The summed E-state index contributed by atoms with van der Waals surface area (Å²) in [4.78, 5) is 5.04. The first-order valence-corrected chi connectivity index (χ1v) is 9.84. The molecule has 27 heavy (non-hydrogen) atoms. The van der Waals surface area contributed by atoms with Crippen LogP contribution in [-0.4, -0.2) is 42.9 Å². The van der Waals surface area contributed by atoms with Crippen molar-refractivity contribution in [2.24, 2.45) is 4.99 Å². The zero-order chi connectivity index (χ0) is 18.2. The van der Waals surface area contributed by atoms with Crippen molar-refractivity contribution in [3.8, 4) is 11.5 Å². The Kier molecular flexibility index (Phi) is 8.86. The number of benzene rings is 2. The molecule has 0 amide bonds. The highest BCUT2D eigenvalue weighted by Crippen LogP contribution is 2.32. The number of halogens is 1. The van der Waals surface area contributed by atoms with Gasteiger partial charge in [-0.2, -0.15) is 0 Å². The molecule has 146 valence electrons. The predicted octanol–water partition coefficient (Wildman–Crippen LogP) is 2.55. The van der Waals surface area contributed by atoms with Crippen LogP contribution in [0.25, 0.3) is 0 Å². The Bertz CT molecular complexity index is 787. The molecule has 2 N–H and O–H groups in total. The number of ether oxygens (including phenoxy) is 2. The first-order valence-electron chi connectivity index (χ1n) is 8.53. The van der Waals surface area contributed by atoms with E-state index in [0.29, 0.717) is 18.3 Å². The third-order valence-electron chi connectivity index (χ3n) is 3.95. The van der Waals surface area contributed by atoms with Gasteiger partial charge in [-0.05, 0) is 36.2 Å². The Labute approximate surface area is 179 Å². The van der Waals surface area contributed by atoms with Crippen LogP contribution >= 0.6 is 24.0 Å². The second-order valence-electron chi connectivity index (χ2n) is 5.73. The van der Waals surface area contributed by atoms with Crippen molar-refractivity contribution in [3.63, 3.8) is 0 Å². The van der Waals surface area contributed by atoms with E-state index in [1.807, 2.05) is 48.5 Å². The summed E-state index contributed by atoms with van der Waals surface area (Å²) in [5, 5.41) is 6.47. The number of aliphatic imine (C=N–C) groups is 1. The van der Waals surface area contributed by atoms with Crippen molar-refractivity contribution >= 4 is 40.7 Å². The summed E-state index contributed by atoms with van der Waals surface area (Å²) in [5.41, 5.74) is 1.17. The Morgan fingerprint density at radius 1 is 1.07 bits per heavy atom. The zero-order valence-corrected chi connectivity index (χ0v) is 18.3. The van der Waals surface area contributed by atoms with E-state index in [1.54, 1.807) is 7.05 Å². The van der Waals surface area contributed by atoms with Crippen LogP contribution in [0.15, 0.2) is 58.4 Å². The van der Waals surface area contributed by atoms with Crippen LogP contribution in [-0.2, 0) is 17.2 Å². The molecule has 1 aliphatic heterocycles. The maximum absolute atomic E-state index is 12.2. The van der Waals surface area contributed by atoms with Crippen LogP contribution in [0.4, 0.5) is 0 Å². The molecule has 1 aliphatic rings. The normalized spacial score (nSPS) is 13.6. The topological polar surface area (TPSA) is 72.0 Å². The monoisotopic (exact) mass is 501 g/mol. The van der Waals surface area contributed by atoms with Gasteiger partial charge in [-0.1, -0.05) is 24.3 Å². The molecule has 0 spiro atoms. The number of fused-ring (bicyclic) bond motifs is 1. The lowest BCUT2D eigenvalue weighted by molar-refractivity contribution is 0.174. The second-order valence-corrected chi connectivity index (χ2v) is 7.30. The minimum Gasteiger partial charge on any atom is -0.454 e. The molecule has 2 aromatic rings. The van der Waals surface area contributed by atoms with Crippen molar-refractivity contribution in [2.75, 3.05) is 32.7 Å². The lowest BCUT2D eigenvalue weighted by Crippen LogP contribution is -2.40. The van der Waals surface area contributed by atoms with E-state index in [9.17, 15) is 4.21 Å². The van der Waals surface area contributed by atoms with Crippen molar-refractivity contribution in [2.45, 2.75) is 11.3 Å². The molecule has 0 aliphatic carbocycles. The van der Waals surface area contributed by atoms with Crippen LogP contribution in [0.1, 0.15) is 5.56 Å². The molecule has 0 saturated heterocycles. The van der Waals surface area contributed by atoms with Gasteiger partial charge >= 0.3 is 0 Å². The fourth-order valence-electron chi connectivity index (χ4n) is 2.59. The van der Waals surface area contributed by atoms with Gasteiger partial charge in [-0.25, -0.2) is 0 Å². The Morgan fingerprint density at radius 3 is 2.59 bits per heavy atom. The summed E-state index contributed by atoms with van der Waals surface area (Å²) in [6.07, 6.45) is 0.841. The van der Waals surface area contributed by atoms with E-state index >= 15 is 0 Å². The lowest BCUT2D eigenvalue weighted by atomic mass is 10.1. The third kappa shape index (κ3) is 6.39. The molecule has 0 fully saturated rings. The average Bonchev–Trinajstić information content (AvgIpc) is 3.15. The maximum Gasteiger partial charge on any atom is 0.231 e. The molecular weight excluding hydrogens is 477 g/mol. The van der Waals surface area contributed by atoms with Gasteiger partial charge in [0.1, 0.15) is 0 Å². The fourth-order valence-corrected chi connectivity index (χ4v) is 3.58. The highest BCUT2D eigenvalue weighted by Gasteiger charge is 2.13. The fraction of sp³-hybridized carbons (Fsp3) is 0.316. The van der Waals surface area contributed by atoms with Gasteiger partial charge in [0.2, 0.25) is 6.79 Å². The average molecular weight is 501 g/mol. The summed E-state index contributed by atoms with van der Waals surface area (Å²) in [5.74, 6) is 2.84. The molecule has 6 nitrogen and oxygen atoms in total. The number of nitrogens with zero attached hydrogens (tertiary/aromatic N) is 1. The van der Waals surface area contributed by atoms with Crippen LogP contribution in [0.3, 0.4) is 0 Å².